The molecule has 0 atom stereocenters. The van der Waals surface area contributed by atoms with Gasteiger partial charge in [0.1, 0.15) is 12.7 Å². The van der Waals surface area contributed by atoms with E-state index in [1.807, 2.05) is 18.2 Å². The number of carbonyl (C=O) groups excluding carboxylic acids is 1. The molecular weight excluding hydrogens is 447 g/mol. The molecular formula is C26H27FN6O2. The summed E-state index contributed by atoms with van der Waals surface area (Å²) >= 11 is 0. The molecule has 3 aromatic heterocycles. The summed E-state index contributed by atoms with van der Waals surface area (Å²) < 4.78 is 15.2. The van der Waals surface area contributed by atoms with Crippen LogP contribution in [0.2, 0.25) is 0 Å². The number of alkyl halides is 1. The lowest BCUT2D eigenvalue weighted by Crippen LogP contribution is -2.54. The van der Waals surface area contributed by atoms with Crippen LogP contribution < -0.4 is 10.6 Å². The van der Waals surface area contributed by atoms with Crippen LogP contribution in [0.15, 0.2) is 36.7 Å². The second kappa shape index (κ2) is 7.75. The SMILES string of the molecule is N#Cc1cnn2c(-c3cc(NC45CCC(O)(CC4)CC5)c(C(=O)NC4(CF)CC4)cn3)ccc2c1. The molecule has 3 N–H and O–H groups in total. The molecule has 3 aromatic rings. The Morgan fingerprint density at radius 1 is 1.11 bits per heavy atom. The first kappa shape index (κ1) is 22.0. The average Bonchev–Trinajstić information content (AvgIpc) is 3.52. The summed E-state index contributed by atoms with van der Waals surface area (Å²) in [4.78, 5) is 17.8. The van der Waals surface area contributed by atoms with Crippen molar-refractivity contribution in [1.29, 1.82) is 5.26 Å². The number of hydrogen-bond acceptors (Lipinski definition) is 6. The molecule has 9 heteroatoms. The third kappa shape index (κ3) is 3.82. The highest BCUT2D eigenvalue weighted by molar-refractivity contribution is 6.00. The predicted octanol–water partition coefficient (Wildman–Crippen LogP) is 3.75. The summed E-state index contributed by atoms with van der Waals surface area (Å²) in [5.74, 6) is -0.335. The van der Waals surface area contributed by atoms with Gasteiger partial charge in [-0.1, -0.05) is 0 Å². The number of fused-ring (bicyclic) bond motifs is 4. The van der Waals surface area contributed by atoms with Gasteiger partial charge in [0.15, 0.2) is 0 Å². The second-order valence-corrected chi connectivity index (χ2v) is 10.5. The molecule has 180 valence electrons. The smallest absolute Gasteiger partial charge is 0.255 e. The van der Waals surface area contributed by atoms with E-state index in [-0.39, 0.29) is 11.4 Å². The van der Waals surface area contributed by atoms with Gasteiger partial charge in [0.05, 0.1) is 51.1 Å². The maximum atomic E-state index is 13.5. The van der Waals surface area contributed by atoms with Crippen molar-refractivity contribution in [2.24, 2.45) is 0 Å². The number of carbonyl (C=O) groups is 1. The molecule has 4 saturated carbocycles. The van der Waals surface area contributed by atoms with Crippen LogP contribution in [0, 0.1) is 11.3 Å². The molecule has 8 nitrogen and oxygen atoms in total. The number of nitriles is 1. The molecule has 4 aliphatic rings. The van der Waals surface area contributed by atoms with Gasteiger partial charge in [0, 0.05) is 11.7 Å². The second-order valence-electron chi connectivity index (χ2n) is 10.5. The highest BCUT2D eigenvalue weighted by atomic mass is 19.1. The molecule has 7 rings (SSSR count). The van der Waals surface area contributed by atoms with Crippen LogP contribution in [-0.4, -0.2) is 49.0 Å². The van der Waals surface area contributed by atoms with Gasteiger partial charge < -0.3 is 15.7 Å². The Morgan fingerprint density at radius 2 is 1.86 bits per heavy atom. The van der Waals surface area contributed by atoms with Crippen molar-refractivity contribution in [3.05, 3.63) is 47.8 Å². The van der Waals surface area contributed by atoms with Crippen molar-refractivity contribution < 1.29 is 14.3 Å². The van der Waals surface area contributed by atoms with Crippen molar-refractivity contribution in [2.75, 3.05) is 12.0 Å². The molecule has 0 unspecified atom stereocenters. The molecule has 0 spiro atoms. The zero-order valence-electron chi connectivity index (χ0n) is 19.4. The minimum atomic E-state index is -0.752. The maximum absolute atomic E-state index is 13.5. The number of aromatic nitrogens is 3. The minimum Gasteiger partial charge on any atom is -0.390 e. The van der Waals surface area contributed by atoms with E-state index in [2.05, 4.69) is 26.8 Å². The molecule has 3 heterocycles. The lowest BCUT2D eigenvalue weighted by molar-refractivity contribution is -0.0580. The summed E-state index contributed by atoms with van der Waals surface area (Å²) in [6, 6.07) is 9.47. The predicted molar refractivity (Wildman–Crippen MR) is 128 cm³/mol. The number of pyridine rings is 1. The molecule has 0 aromatic carbocycles. The highest BCUT2D eigenvalue weighted by Gasteiger charge is 2.48. The van der Waals surface area contributed by atoms with Crippen molar-refractivity contribution in [3.8, 4) is 17.5 Å². The van der Waals surface area contributed by atoms with Crippen molar-refractivity contribution in [1.82, 2.24) is 19.9 Å². The van der Waals surface area contributed by atoms with Crippen LogP contribution in [0.5, 0.6) is 0 Å². The molecule has 0 aliphatic heterocycles. The summed E-state index contributed by atoms with van der Waals surface area (Å²) in [7, 11) is 0. The Bertz CT molecular complexity index is 1350. The fourth-order valence-corrected chi connectivity index (χ4v) is 5.52. The number of nitrogens with one attached hydrogen (secondary N) is 2. The Kier molecular flexibility index (Phi) is 4.87. The molecule has 0 radical (unpaired) electrons. The third-order valence-corrected chi connectivity index (χ3v) is 8.14. The summed E-state index contributed by atoms with van der Waals surface area (Å²) in [5, 5.41) is 30.7. The van der Waals surface area contributed by atoms with Gasteiger partial charge in [-0.15, -0.1) is 0 Å². The van der Waals surface area contributed by atoms with Crippen LogP contribution in [0.1, 0.15) is 67.3 Å². The number of anilines is 1. The lowest BCUT2D eigenvalue weighted by atomic mass is 9.63. The first-order chi connectivity index (χ1) is 16.9. The number of amides is 1. The monoisotopic (exact) mass is 474 g/mol. The Balaban J connectivity index is 1.39. The van der Waals surface area contributed by atoms with Gasteiger partial charge in [-0.25, -0.2) is 8.91 Å². The van der Waals surface area contributed by atoms with Crippen molar-refractivity contribution in [3.63, 3.8) is 0 Å². The molecule has 1 amide bonds. The van der Waals surface area contributed by atoms with Crippen LogP contribution in [-0.2, 0) is 0 Å². The van der Waals surface area contributed by atoms with E-state index >= 15 is 0 Å². The van der Waals surface area contributed by atoms with E-state index in [4.69, 9.17) is 5.26 Å². The number of halogens is 1. The van der Waals surface area contributed by atoms with Gasteiger partial charge in [0.25, 0.3) is 5.91 Å². The lowest BCUT2D eigenvalue weighted by Gasteiger charge is -2.51. The fourth-order valence-electron chi connectivity index (χ4n) is 5.52. The van der Waals surface area contributed by atoms with Gasteiger partial charge in [0.2, 0.25) is 0 Å². The van der Waals surface area contributed by atoms with E-state index in [0.29, 0.717) is 35.3 Å². The Hall–Kier alpha value is -3.51. The van der Waals surface area contributed by atoms with Crippen LogP contribution in [0.3, 0.4) is 0 Å². The van der Waals surface area contributed by atoms with Crippen LogP contribution in [0.25, 0.3) is 16.9 Å². The first-order valence-electron chi connectivity index (χ1n) is 12.1. The van der Waals surface area contributed by atoms with Gasteiger partial charge in [-0.05, 0) is 75.6 Å². The summed E-state index contributed by atoms with van der Waals surface area (Å²) in [6.45, 7) is -0.581. The van der Waals surface area contributed by atoms with E-state index in [9.17, 15) is 14.3 Å². The third-order valence-electron chi connectivity index (χ3n) is 8.14. The number of rotatable bonds is 6. The molecule has 0 saturated heterocycles. The Morgan fingerprint density at radius 3 is 2.51 bits per heavy atom. The topological polar surface area (TPSA) is 115 Å². The van der Waals surface area contributed by atoms with E-state index < -0.39 is 17.8 Å². The molecule has 35 heavy (non-hydrogen) atoms. The van der Waals surface area contributed by atoms with Gasteiger partial charge >= 0.3 is 0 Å². The quantitative estimate of drug-likeness (QED) is 0.501. The van der Waals surface area contributed by atoms with Crippen molar-refractivity contribution in [2.45, 2.75) is 68.0 Å². The average molecular weight is 475 g/mol. The molecule has 4 fully saturated rings. The number of nitrogens with zero attached hydrogens (tertiary/aromatic N) is 4. The van der Waals surface area contributed by atoms with Crippen LogP contribution >= 0.6 is 0 Å². The zero-order valence-corrected chi connectivity index (χ0v) is 19.4. The zero-order chi connectivity index (χ0) is 24.3. The van der Waals surface area contributed by atoms with Gasteiger partial charge in [-0.2, -0.15) is 10.4 Å². The molecule has 4 aliphatic carbocycles. The van der Waals surface area contributed by atoms with Crippen molar-refractivity contribution >= 4 is 17.1 Å². The first-order valence-corrected chi connectivity index (χ1v) is 12.1. The highest BCUT2D eigenvalue weighted by Crippen LogP contribution is 2.48. The Labute approximate surface area is 202 Å². The fraction of sp³-hybridized carbons (Fsp3) is 0.462. The minimum absolute atomic E-state index is 0.198. The van der Waals surface area contributed by atoms with E-state index in [1.165, 1.54) is 6.20 Å². The van der Waals surface area contributed by atoms with E-state index in [1.54, 1.807) is 16.8 Å². The normalized spacial score (nSPS) is 26.3. The van der Waals surface area contributed by atoms with Gasteiger partial charge in [-0.3, -0.25) is 9.78 Å². The summed E-state index contributed by atoms with van der Waals surface area (Å²) in [5.41, 5.74) is 2.13. The number of hydrogen-bond donors (Lipinski definition) is 3. The number of aliphatic hydroxyl groups is 1. The summed E-state index contributed by atoms with van der Waals surface area (Å²) in [6.07, 6.45) is 9.00. The largest absolute Gasteiger partial charge is 0.390 e. The van der Waals surface area contributed by atoms with Crippen LogP contribution in [0.4, 0.5) is 10.1 Å². The molecule has 2 bridgehead atoms. The maximum Gasteiger partial charge on any atom is 0.255 e. The van der Waals surface area contributed by atoms with E-state index in [0.717, 1.165) is 49.7 Å². The standard InChI is InChI=1S/C26H27FN6O2/c27-16-25(3-4-25)32-23(34)19-15-29-21(22-2-1-18-11-17(13-28)14-30-33(18)22)12-20(19)31-24-5-8-26(35,9-6-24)10-7-24/h1-2,11-12,14-15,35H,3-10,16H2,(H,29,31)(H,32,34).